The van der Waals surface area contributed by atoms with Crippen molar-refractivity contribution < 1.29 is 17.9 Å². The highest BCUT2D eigenvalue weighted by atomic mass is 32.2. The van der Waals surface area contributed by atoms with Crippen LogP contribution in [0.25, 0.3) is 0 Å². The fourth-order valence-electron chi connectivity index (χ4n) is 3.60. The number of sulfone groups is 1. The van der Waals surface area contributed by atoms with E-state index in [1.807, 2.05) is 6.92 Å². The lowest BCUT2D eigenvalue weighted by Crippen LogP contribution is -2.52. The molecule has 1 unspecified atom stereocenters. The number of ether oxygens (including phenoxy) is 2. The van der Waals surface area contributed by atoms with Gasteiger partial charge in [0.1, 0.15) is 0 Å². The summed E-state index contributed by atoms with van der Waals surface area (Å²) in [6.07, 6.45) is 4.54. The van der Waals surface area contributed by atoms with Gasteiger partial charge in [-0.3, -0.25) is 0 Å². The first-order chi connectivity index (χ1) is 8.91. The van der Waals surface area contributed by atoms with Gasteiger partial charge in [-0.15, -0.1) is 0 Å². The first kappa shape index (κ1) is 13.8. The fourth-order valence-corrected chi connectivity index (χ4v) is 5.71. The Morgan fingerprint density at radius 2 is 1.74 bits per heavy atom. The van der Waals surface area contributed by atoms with Crippen LogP contribution in [0.5, 0.6) is 0 Å². The molecule has 110 valence electrons. The molecule has 1 atom stereocenters. The van der Waals surface area contributed by atoms with Gasteiger partial charge < -0.3 is 14.8 Å². The van der Waals surface area contributed by atoms with Gasteiger partial charge in [-0.25, -0.2) is 8.42 Å². The van der Waals surface area contributed by atoms with E-state index < -0.39 is 9.84 Å². The maximum atomic E-state index is 11.6. The van der Waals surface area contributed by atoms with Crippen LogP contribution in [0.15, 0.2) is 0 Å². The van der Waals surface area contributed by atoms with Crippen LogP contribution in [-0.2, 0) is 19.3 Å². The van der Waals surface area contributed by atoms with Crippen LogP contribution in [-0.4, -0.2) is 50.5 Å². The Morgan fingerprint density at radius 1 is 1.11 bits per heavy atom. The number of rotatable bonds is 2. The van der Waals surface area contributed by atoms with Crippen molar-refractivity contribution in [3.63, 3.8) is 0 Å². The van der Waals surface area contributed by atoms with Crippen LogP contribution in [0.4, 0.5) is 0 Å². The van der Waals surface area contributed by atoms with Crippen molar-refractivity contribution in [3.05, 3.63) is 0 Å². The second kappa shape index (κ2) is 4.69. The largest absolute Gasteiger partial charge is 0.348 e. The summed E-state index contributed by atoms with van der Waals surface area (Å²) in [7, 11) is -2.84. The predicted molar refractivity (Wildman–Crippen MR) is 71.7 cm³/mol. The van der Waals surface area contributed by atoms with E-state index in [9.17, 15) is 8.42 Å². The number of nitrogens with one attached hydrogen (secondary N) is 1. The molecule has 2 saturated heterocycles. The second-order valence-corrected chi connectivity index (χ2v) is 8.61. The van der Waals surface area contributed by atoms with Gasteiger partial charge in [0.15, 0.2) is 15.6 Å². The van der Waals surface area contributed by atoms with E-state index in [1.165, 1.54) is 0 Å². The van der Waals surface area contributed by atoms with Gasteiger partial charge in [-0.2, -0.15) is 0 Å². The Hall–Kier alpha value is -0.170. The Balaban J connectivity index is 1.55. The summed E-state index contributed by atoms with van der Waals surface area (Å²) in [6.45, 7) is 3.44. The first-order valence-corrected chi connectivity index (χ1v) is 8.99. The van der Waals surface area contributed by atoms with Crippen molar-refractivity contribution in [1.29, 1.82) is 0 Å². The molecule has 1 saturated carbocycles. The minimum absolute atomic E-state index is 0.245. The van der Waals surface area contributed by atoms with Crippen LogP contribution in [0, 0.1) is 0 Å². The van der Waals surface area contributed by atoms with E-state index in [1.54, 1.807) is 0 Å². The number of hydrogen-bond acceptors (Lipinski definition) is 5. The normalized spacial score (nSPS) is 37.9. The van der Waals surface area contributed by atoms with E-state index in [-0.39, 0.29) is 17.1 Å². The molecule has 19 heavy (non-hydrogen) atoms. The van der Waals surface area contributed by atoms with Gasteiger partial charge >= 0.3 is 0 Å². The molecule has 0 aromatic carbocycles. The van der Waals surface area contributed by atoms with E-state index in [0.29, 0.717) is 25.0 Å². The molecular formula is C13H23NO4S. The van der Waals surface area contributed by atoms with E-state index in [4.69, 9.17) is 9.47 Å². The summed E-state index contributed by atoms with van der Waals surface area (Å²) in [4.78, 5) is 0. The Morgan fingerprint density at radius 3 is 2.26 bits per heavy atom. The van der Waals surface area contributed by atoms with Gasteiger partial charge in [0.05, 0.1) is 24.7 Å². The molecule has 0 radical (unpaired) electrons. The van der Waals surface area contributed by atoms with Crippen LogP contribution in [0.3, 0.4) is 0 Å². The monoisotopic (exact) mass is 289 g/mol. The summed E-state index contributed by atoms with van der Waals surface area (Å²) < 4.78 is 34.6. The van der Waals surface area contributed by atoms with E-state index >= 15 is 0 Å². The maximum absolute atomic E-state index is 11.6. The summed E-state index contributed by atoms with van der Waals surface area (Å²) >= 11 is 0. The van der Waals surface area contributed by atoms with Crippen molar-refractivity contribution >= 4 is 9.84 Å². The van der Waals surface area contributed by atoms with Gasteiger partial charge in [-0.1, -0.05) is 0 Å². The van der Waals surface area contributed by atoms with Gasteiger partial charge in [0.2, 0.25) is 0 Å². The quantitative estimate of drug-likeness (QED) is 0.816. The molecule has 6 heteroatoms. The molecule has 3 fully saturated rings. The molecule has 1 aliphatic carbocycles. The van der Waals surface area contributed by atoms with Crippen LogP contribution in [0.2, 0.25) is 0 Å². The summed E-state index contributed by atoms with van der Waals surface area (Å²) in [5, 5.41) is 3.57. The molecule has 3 rings (SSSR count). The minimum atomic E-state index is -2.84. The molecule has 1 spiro atoms. The average Bonchev–Trinajstić information content (AvgIpc) is 2.89. The van der Waals surface area contributed by atoms with Crippen LogP contribution >= 0.6 is 0 Å². The molecule has 0 aromatic rings. The van der Waals surface area contributed by atoms with Crippen molar-refractivity contribution in [2.75, 3.05) is 24.7 Å². The van der Waals surface area contributed by atoms with Crippen molar-refractivity contribution in [2.24, 2.45) is 0 Å². The predicted octanol–water partition coefficient (Wildman–Crippen LogP) is 0.839. The average molecular weight is 289 g/mol. The standard InChI is InChI=1S/C13H23NO4S/c1-12(6-9-19(15,16)10-12)14-11-2-4-13(5-3-11)17-7-8-18-13/h11,14H,2-10H2,1H3. The lowest BCUT2D eigenvalue weighted by Gasteiger charge is -2.39. The van der Waals surface area contributed by atoms with E-state index in [2.05, 4.69) is 5.32 Å². The third-order valence-electron chi connectivity index (χ3n) is 4.62. The lowest BCUT2D eigenvalue weighted by molar-refractivity contribution is -0.180. The molecule has 0 amide bonds. The third kappa shape index (κ3) is 2.96. The Kier molecular flexibility index (Phi) is 3.40. The minimum Gasteiger partial charge on any atom is -0.348 e. The molecule has 3 aliphatic rings. The smallest absolute Gasteiger partial charge is 0.168 e. The van der Waals surface area contributed by atoms with Crippen molar-refractivity contribution in [3.8, 4) is 0 Å². The first-order valence-electron chi connectivity index (χ1n) is 7.17. The highest BCUT2D eigenvalue weighted by Crippen LogP contribution is 2.37. The summed E-state index contributed by atoms with van der Waals surface area (Å²) in [6, 6.07) is 0.386. The van der Waals surface area contributed by atoms with Gasteiger partial charge in [0, 0.05) is 24.4 Å². The van der Waals surface area contributed by atoms with Gasteiger partial charge in [0.25, 0.3) is 0 Å². The highest BCUT2D eigenvalue weighted by molar-refractivity contribution is 7.91. The summed E-state index contributed by atoms with van der Waals surface area (Å²) in [5.41, 5.74) is -0.245. The maximum Gasteiger partial charge on any atom is 0.168 e. The van der Waals surface area contributed by atoms with Crippen LogP contribution < -0.4 is 5.32 Å². The molecule has 2 heterocycles. The molecule has 0 aromatic heterocycles. The van der Waals surface area contributed by atoms with Gasteiger partial charge in [-0.05, 0) is 26.2 Å². The lowest BCUT2D eigenvalue weighted by atomic mass is 9.88. The summed E-state index contributed by atoms with van der Waals surface area (Å²) in [5.74, 6) is 0.259. The zero-order valence-corrected chi connectivity index (χ0v) is 12.3. The molecule has 5 nitrogen and oxygen atoms in total. The van der Waals surface area contributed by atoms with Crippen molar-refractivity contribution in [1.82, 2.24) is 5.32 Å². The fraction of sp³-hybridized carbons (Fsp3) is 1.00. The molecule has 0 bridgehead atoms. The highest BCUT2D eigenvalue weighted by Gasteiger charge is 2.44. The molecule has 1 N–H and O–H groups in total. The van der Waals surface area contributed by atoms with Crippen LogP contribution in [0.1, 0.15) is 39.0 Å². The Labute approximate surface area is 115 Å². The zero-order valence-electron chi connectivity index (χ0n) is 11.5. The second-order valence-electron chi connectivity index (χ2n) is 6.43. The SMILES string of the molecule is CC1(NC2CCC3(CC2)OCCO3)CCS(=O)(=O)C1. The Bertz CT molecular complexity index is 434. The topological polar surface area (TPSA) is 64.6 Å². The third-order valence-corrected chi connectivity index (χ3v) is 6.52. The number of hydrogen-bond donors (Lipinski definition) is 1. The molecule has 2 aliphatic heterocycles. The van der Waals surface area contributed by atoms with E-state index in [0.717, 1.165) is 32.1 Å². The molecular weight excluding hydrogens is 266 g/mol. The van der Waals surface area contributed by atoms with Crippen molar-refractivity contribution in [2.45, 2.75) is 56.4 Å². The zero-order chi connectivity index (χ0) is 13.6.